The van der Waals surface area contributed by atoms with Gasteiger partial charge in [0, 0.05) is 31.2 Å². The number of benzene rings is 1. The summed E-state index contributed by atoms with van der Waals surface area (Å²) < 4.78 is 33.8. The summed E-state index contributed by atoms with van der Waals surface area (Å²) in [6, 6.07) is 1.07. The molecule has 9 nitrogen and oxygen atoms in total. The minimum atomic E-state index is -0.956. The molecule has 0 radical (unpaired) electrons. The molecule has 0 bridgehead atoms. The van der Waals surface area contributed by atoms with Crippen molar-refractivity contribution in [2.24, 2.45) is 11.7 Å². The van der Waals surface area contributed by atoms with Crippen LogP contribution in [0.25, 0.3) is 0 Å². The number of hydrogen-bond acceptors (Lipinski definition) is 5. The number of carbonyl (C=O) groups is 3. The van der Waals surface area contributed by atoms with Crippen LogP contribution in [0.2, 0.25) is 5.02 Å². The lowest BCUT2D eigenvalue weighted by molar-refractivity contribution is -0.121. The van der Waals surface area contributed by atoms with E-state index in [-0.39, 0.29) is 40.8 Å². The van der Waals surface area contributed by atoms with Crippen LogP contribution in [0, 0.1) is 17.6 Å². The second-order valence-corrected chi connectivity index (χ2v) is 8.69. The molecule has 0 spiro atoms. The molecular weight excluding hydrogens is 472 g/mol. The number of anilines is 1. The van der Waals surface area contributed by atoms with Crippen molar-refractivity contribution in [1.29, 1.82) is 0 Å². The van der Waals surface area contributed by atoms with Gasteiger partial charge >= 0.3 is 0 Å². The Kier molecular flexibility index (Phi) is 8.21. The highest BCUT2D eigenvalue weighted by Crippen LogP contribution is 2.35. The molecule has 3 amide bonds. The second kappa shape index (κ2) is 10.9. The molecule has 12 heteroatoms. The Hall–Kier alpha value is -3.05. The first-order valence-electron chi connectivity index (χ1n) is 10.7. The Morgan fingerprint density at radius 1 is 1.26 bits per heavy atom. The van der Waals surface area contributed by atoms with E-state index in [1.807, 2.05) is 0 Å². The highest BCUT2D eigenvalue weighted by Gasteiger charge is 2.32. The van der Waals surface area contributed by atoms with Crippen LogP contribution in [0.1, 0.15) is 59.6 Å². The molecule has 3 rings (SSSR count). The lowest BCUT2D eigenvalue weighted by Gasteiger charge is -2.29. The van der Waals surface area contributed by atoms with Gasteiger partial charge in [0.15, 0.2) is 11.5 Å². The summed E-state index contributed by atoms with van der Waals surface area (Å²) in [6.07, 6.45) is 3.25. The van der Waals surface area contributed by atoms with Crippen LogP contribution >= 0.6 is 11.6 Å². The number of halogens is 3. The van der Waals surface area contributed by atoms with Gasteiger partial charge in [-0.05, 0) is 38.7 Å². The molecule has 1 fully saturated rings. The topological polar surface area (TPSA) is 128 Å². The third-order valence-corrected chi connectivity index (χ3v) is 6.05. The van der Waals surface area contributed by atoms with Gasteiger partial charge in [-0.15, -0.1) is 0 Å². The van der Waals surface area contributed by atoms with Gasteiger partial charge in [0.05, 0.1) is 23.6 Å². The average molecular weight is 498 g/mol. The SMILES string of the molecule is COC[C@H](C)NC(=O)c1ncn(C2CCC(C(=O)Nc3c(F)cc(F)cc3Cl)CC2)c1C(N)=O. The van der Waals surface area contributed by atoms with E-state index in [1.165, 1.54) is 13.4 Å². The molecule has 1 aromatic heterocycles. The minimum absolute atomic E-state index is 0.00446. The van der Waals surface area contributed by atoms with Crippen LogP contribution in [-0.4, -0.2) is 47.0 Å². The van der Waals surface area contributed by atoms with Gasteiger partial charge < -0.3 is 25.7 Å². The maximum Gasteiger partial charge on any atom is 0.272 e. The lowest BCUT2D eigenvalue weighted by atomic mass is 9.85. The van der Waals surface area contributed by atoms with E-state index in [2.05, 4.69) is 15.6 Å². The largest absolute Gasteiger partial charge is 0.383 e. The van der Waals surface area contributed by atoms with Crippen LogP contribution in [0.3, 0.4) is 0 Å². The van der Waals surface area contributed by atoms with Gasteiger partial charge in [-0.25, -0.2) is 13.8 Å². The van der Waals surface area contributed by atoms with E-state index < -0.39 is 35.3 Å². The molecule has 34 heavy (non-hydrogen) atoms. The fourth-order valence-electron chi connectivity index (χ4n) is 4.13. The number of nitrogens with zero attached hydrogens (tertiary/aromatic N) is 2. The van der Waals surface area contributed by atoms with Crippen LogP contribution in [-0.2, 0) is 9.53 Å². The predicted octanol–water partition coefficient (Wildman–Crippen LogP) is 3.05. The van der Waals surface area contributed by atoms with Crippen LogP contribution in [0.15, 0.2) is 18.5 Å². The minimum Gasteiger partial charge on any atom is -0.383 e. The summed E-state index contributed by atoms with van der Waals surface area (Å²) in [6.45, 7) is 2.04. The number of methoxy groups -OCH3 is 1. The molecule has 1 aliphatic carbocycles. The number of carbonyl (C=O) groups excluding carboxylic acids is 3. The first-order chi connectivity index (χ1) is 16.1. The van der Waals surface area contributed by atoms with Crippen molar-refractivity contribution in [1.82, 2.24) is 14.9 Å². The fourth-order valence-corrected chi connectivity index (χ4v) is 4.38. The van der Waals surface area contributed by atoms with Crippen molar-refractivity contribution in [3.63, 3.8) is 0 Å². The summed E-state index contributed by atoms with van der Waals surface area (Å²) >= 11 is 5.86. The molecule has 1 heterocycles. The predicted molar refractivity (Wildman–Crippen MR) is 121 cm³/mol. The molecule has 1 aliphatic rings. The highest BCUT2D eigenvalue weighted by atomic mass is 35.5. The summed E-state index contributed by atoms with van der Waals surface area (Å²) in [7, 11) is 1.51. The third-order valence-electron chi connectivity index (χ3n) is 5.75. The Bertz CT molecular complexity index is 1060. The number of imidazole rings is 1. The van der Waals surface area contributed by atoms with E-state index in [1.54, 1.807) is 11.5 Å². The number of primary amides is 1. The van der Waals surface area contributed by atoms with Gasteiger partial charge in [-0.2, -0.15) is 0 Å². The molecule has 184 valence electrons. The van der Waals surface area contributed by atoms with Crippen molar-refractivity contribution < 1.29 is 27.9 Å². The molecular formula is C22H26ClF2N5O4. The number of ether oxygens (including phenoxy) is 1. The molecule has 1 atom stereocenters. The lowest BCUT2D eigenvalue weighted by Crippen LogP contribution is -2.37. The van der Waals surface area contributed by atoms with Crippen LogP contribution in [0.4, 0.5) is 14.5 Å². The van der Waals surface area contributed by atoms with Gasteiger partial charge in [0.2, 0.25) is 5.91 Å². The Labute approximate surface area is 200 Å². The van der Waals surface area contributed by atoms with Crippen molar-refractivity contribution in [2.75, 3.05) is 19.0 Å². The third kappa shape index (κ3) is 5.71. The van der Waals surface area contributed by atoms with Crippen molar-refractivity contribution >= 4 is 35.0 Å². The molecule has 4 N–H and O–H groups in total. The first-order valence-corrected chi connectivity index (χ1v) is 11.1. The molecule has 1 aromatic carbocycles. The smallest absolute Gasteiger partial charge is 0.272 e. The molecule has 0 saturated heterocycles. The van der Waals surface area contributed by atoms with Crippen molar-refractivity contribution in [3.8, 4) is 0 Å². The fraction of sp³-hybridized carbons (Fsp3) is 0.455. The number of rotatable bonds is 8. The zero-order valence-corrected chi connectivity index (χ0v) is 19.5. The highest BCUT2D eigenvalue weighted by molar-refractivity contribution is 6.33. The number of nitrogens with one attached hydrogen (secondary N) is 2. The van der Waals surface area contributed by atoms with Crippen LogP contribution < -0.4 is 16.4 Å². The van der Waals surface area contributed by atoms with Gasteiger partial charge in [-0.1, -0.05) is 11.6 Å². The van der Waals surface area contributed by atoms with E-state index in [0.29, 0.717) is 31.7 Å². The normalized spacial score (nSPS) is 18.9. The van der Waals surface area contributed by atoms with Gasteiger partial charge in [0.25, 0.3) is 11.8 Å². The molecule has 1 saturated carbocycles. The number of amides is 3. The Morgan fingerprint density at radius 2 is 1.94 bits per heavy atom. The van der Waals surface area contributed by atoms with Crippen molar-refractivity contribution in [2.45, 2.75) is 44.7 Å². The average Bonchev–Trinajstić information content (AvgIpc) is 3.22. The summed E-state index contributed by atoms with van der Waals surface area (Å²) in [5.74, 6) is -3.99. The van der Waals surface area contributed by atoms with E-state index in [9.17, 15) is 23.2 Å². The number of nitrogens with two attached hydrogens (primary N) is 1. The maximum absolute atomic E-state index is 14.0. The van der Waals surface area contributed by atoms with E-state index in [4.69, 9.17) is 22.1 Å². The first kappa shape index (κ1) is 25.6. The number of hydrogen-bond donors (Lipinski definition) is 3. The molecule has 0 aliphatic heterocycles. The zero-order chi connectivity index (χ0) is 25.0. The summed E-state index contributed by atoms with van der Waals surface area (Å²) in [4.78, 5) is 41.5. The van der Waals surface area contributed by atoms with Gasteiger partial charge in [0.1, 0.15) is 11.5 Å². The molecule has 0 unspecified atom stereocenters. The Balaban J connectivity index is 1.68. The summed E-state index contributed by atoms with van der Waals surface area (Å²) in [5, 5.41) is 4.91. The maximum atomic E-state index is 14.0. The zero-order valence-electron chi connectivity index (χ0n) is 18.7. The van der Waals surface area contributed by atoms with Gasteiger partial charge in [-0.3, -0.25) is 14.4 Å². The second-order valence-electron chi connectivity index (χ2n) is 8.28. The molecule has 2 aromatic rings. The van der Waals surface area contributed by atoms with Crippen molar-refractivity contribution in [3.05, 3.63) is 46.5 Å². The standard InChI is InChI=1S/C22H26ClF2N5O4/c1-11(9-34-2)28-22(33)18-19(20(26)31)30(10-27-18)14-5-3-12(4-6-14)21(32)29-17-15(23)7-13(24)8-16(17)25/h7-8,10-12,14H,3-6,9H2,1-2H3,(H2,26,31)(H,28,33)(H,29,32)/t11-,12?,14?/m0/s1. The quantitative estimate of drug-likeness (QED) is 0.516. The van der Waals surface area contributed by atoms with E-state index >= 15 is 0 Å². The monoisotopic (exact) mass is 497 g/mol. The Morgan fingerprint density at radius 3 is 2.53 bits per heavy atom. The number of aromatic nitrogens is 2. The van der Waals surface area contributed by atoms with Crippen LogP contribution in [0.5, 0.6) is 0 Å². The summed E-state index contributed by atoms with van der Waals surface area (Å²) in [5.41, 5.74) is 5.21. The van der Waals surface area contributed by atoms with E-state index in [0.717, 1.165) is 6.07 Å².